The summed E-state index contributed by atoms with van der Waals surface area (Å²) >= 11 is 1.90. The maximum atomic E-state index is 7.39. The molecule has 0 unspecified atom stereocenters. The van der Waals surface area contributed by atoms with Gasteiger partial charge in [0.15, 0.2) is 0 Å². The topological polar surface area (TPSA) is 29.5 Å². The summed E-state index contributed by atoms with van der Waals surface area (Å²) in [6.07, 6.45) is 0. The van der Waals surface area contributed by atoms with Gasteiger partial charge in [-0.2, -0.15) is 4.67 Å². The minimum Gasteiger partial charge on any atom is -0.408 e. The van der Waals surface area contributed by atoms with Crippen molar-refractivity contribution in [2.24, 2.45) is 0 Å². The maximum Gasteiger partial charge on any atom is 0.310 e. The lowest BCUT2D eigenvalue weighted by Gasteiger charge is -2.35. The van der Waals surface area contributed by atoms with Gasteiger partial charge >= 0.3 is 8.16 Å². The van der Waals surface area contributed by atoms with E-state index in [1.54, 1.807) is 0 Å². The van der Waals surface area contributed by atoms with Gasteiger partial charge in [0.2, 0.25) is 0 Å². The van der Waals surface area contributed by atoms with Crippen LogP contribution < -0.4 is 4.67 Å². The summed E-state index contributed by atoms with van der Waals surface area (Å²) in [6, 6.07) is 73.7. The fraction of sp³-hybridized carbons (Fsp3) is 0.0588. The number of nitrogens with zero attached hydrogens (tertiary/aromatic N) is 1. The first-order valence-electron chi connectivity index (χ1n) is 19.0. The quantitative estimate of drug-likeness (QED) is 0.137. The third-order valence-corrected chi connectivity index (χ3v) is 13.5. The zero-order valence-corrected chi connectivity index (χ0v) is 32.3. The normalized spacial score (nSPS) is 12.8. The van der Waals surface area contributed by atoms with Crippen LogP contribution in [0.4, 0.5) is 0 Å². The highest BCUT2D eigenvalue weighted by atomic mass is 32.2. The van der Waals surface area contributed by atoms with Crippen LogP contribution in [-0.4, -0.2) is 0 Å². The first kappa shape index (κ1) is 34.5. The Morgan fingerprint density at radius 3 is 1.54 bits per heavy atom. The Balaban J connectivity index is 1.27. The summed E-state index contributed by atoms with van der Waals surface area (Å²) in [6.45, 7) is 0.611. The Labute approximate surface area is 331 Å². The highest BCUT2D eigenvalue weighted by Crippen LogP contribution is 2.53. The molecule has 9 aromatic carbocycles. The van der Waals surface area contributed by atoms with Crippen LogP contribution in [0.15, 0.2) is 220 Å². The molecule has 0 aliphatic carbocycles. The average Bonchev–Trinajstić information content (AvgIpc) is 3.44. The number of hydrogen-bond acceptors (Lipinski definition) is 4. The van der Waals surface area contributed by atoms with Gasteiger partial charge in [-0.1, -0.05) is 182 Å². The molecule has 0 saturated heterocycles. The summed E-state index contributed by atoms with van der Waals surface area (Å²) in [5.74, 6) is 0. The number of hydrogen-bond donors (Lipinski definition) is 0. The summed E-state index contributed by atoms with van der Waals surface area (Å²) < 4.78 is 17.3. The van der Waals surface area contributed by atoms with E-state index < -0.39 is 8.16 Å². The van der Waals surface area contributed by atoms with Gasteiger partial charge in [-0.15, -0.1) is 11.8 Å². The van der Waals surface area contributed by atoms with E-state index in [2.05, 4.69) is 211 Å². The van der Waals surface area contributed by atoms with Gasteiger partial charge in [0.1, 0.15) is 11.2 Å². The zero-order valence-electron chi connectivity index (χ0n) is 30.6. The molecule has 0 N–H and O–H groups in total. The fourth-order valence-electron chi connectivity index (χ4n) is 7.99. The number of fused-ring (bicyclic) bond motifs is 8. The lowest BCUT2D eigenvalue weighted by atomic mass is 9.97. The second-order valence-corrected chi connectivity index (χ2v) is 16.7. The van der Waals surface area contributed by atoms with Crippen LogP contribution in [0.2, 0.25) is 0 Å². The molecular formula is C51H38NO2PS. The number of thioether (sulfide) groups is 1. The molecule has 1 heterocycles. The second kappa shape index (κ2) is 15.2. The Morgan fingerprint density at radius 1 is 0.446 bits per heavy atom. The van der Waals surface area contributed by atoms with Crippen LogP contribution in [0.25, 0.3) is 54.3 Å². The molecule has 0 aliphatic heterocycles. The van der Waals surface area contributed by atoms with Crippen molar-refractivity contribution in [2.75, 3.05) is 4.67 Å². The van der Waals surface area contributed by atoms with E-state index in [4.69, 9.17) is 8.39 Å². The molecule has 10 aromatic rings. The van der Waals surface area contributed by atoms with Gasteiger partial charge < -0.3 is 8.39 Å². The zero-order chi connectivity index (χ0) is 37.3. The standard InChI is InChI=1S/C51H38NO2PS/c1-4-16-36(17-5-1)35-52(55-53-46-32-29-38-19-12-14-26-44(38)48(46)49-45-27-15-13-20-39(45)30-33-47(49)54-55)50(40-21-6-2-7-22-40)51(41-23-8-3-9-24-41)56-43-31-28-37-18-10-11-25-42(37)34-43/h1-34,50-51H,35H2/t50-,51+/m0/s1. The molecule has 0 fully saturated rings. The summed E-state index contributed by atoms with van der Waals surface area (Å²) in [4.78, 5) is 1.21. The largest absolute Gasteiger partial charge is 0.408 e. The second-order valence-electron chi connectivity index (χ2n) is 14.1. The first-order chi connectivity index (χ1) is 27.8. The van der Waals surface area contributed by atoms with Crippen LogP contribution >= 0.6 is 19.9 Å². The van der Waals surface area contributed by atoms with Crippen molar-refractivity contribution in [3.63, 3.8) is 0 Å². The molecule has 0 spiro atoms. The van der Waals surface area contributed by atoms with E-state index in [1.807, 2.05) is 11.8 Å². The van der Waals surface area contributed by atoms with Crippen LogP contribution in [0.5, 0.6) is 0 Å². The van der Waals surface area contributed by atoms with E-state index >= 15 is 0 Å². The van der Waals surface area contributed by atoms with Gasteiger partial charge in [0.25, 0.3) is 0 Å². The average molecular weight is 760 g/mol. The minimum absolute atomic E-state index is 0.0337. The number of rotatable bonds is 9. The van der Waals surface area contributed by atoms with E-state index in [0.717, 1.165) is 32.7 Å². The third kappa shape index (κ3) is 6.67. The molecule has 270 valence electrons. The van der Waals surface area contributed by atoms with Crippen molar-refractivity contribution in [3.05, 3.63) is 223 Å². The molecule has 0 radical (unpaired) electrons. The smallest absolute Gasteiger partial charge is 0.310 e. The molecule has 5 heteroatoms. The minimum atomic E-state index is -1.74. The van der Waals surface area contributed by atoms with Gasteiger partial charge in [0, 0.05) is 22.2 Å². The van der Waals surface area contributed by atoms with Crippen molar-refractivity contribution in [1.82, 2.24) is 0 Å². The van der Waals surface area contributed by atoms with Gasteiger partial charge in [-0.3, -0.25) is 0 Å². The first-order valence-corrected chi connectivity index (χ1v) is 21.0. The van der Waals surface area contributed by atoms with Crippen LogP contribution in [-0.2, 0) is 6.54 Å². The third-order valence-electron chi connectivity index (χ3n) is 10.6. The molecule has 56 heavy (non-hydrogen) atoms. The summed E-state index contributed by atoms with van der Waals surface area (Å²) in [5.41, 5.74) is 5.27. The van der Waals surface area contributed by atoms with Gasteiger partial charge in [-0.25, -0.2) is 0 Å². The lowest BCUT2D eigenvalue weighted by molar-refractivity contribution is 0.570. The molecule has 10 rings (SSSR count). The molecule has 0 aliphatic rings. The SMILES string of the molecule is c1ccc(CN([C@@H](c2ccccc2)[C@H](Sc2ccc3ccccc3c2)c2ccccc2)p2oc3ccc4ccccc4c3c3c(ccc4ccccc43)o2)cc1. The van der Waals surface area contributed by atoms with Crippen molar-refractivity contribution in [1.29, 1.82) is 0 Å². The van der Waals surface area contributed by atoms with Gasteiger partial charge in [0.05, 0.1) is 11.3 Å². The Morgan fingerprint density at radius 2 is 0.929 bits per heavy atom. The van der Waals surface area contributed by atoms with Crippen LogP contribution in [0, 0.1) is 0 Å². The Bertz CT molecular complexity index is 2910. The van der Waals surface area contributed by atoms with Crippen LogP contribution in [0.1, 0.15) is 28.0 Å². The van der Waals surface area contributed by atoms with Crippen molar-refractivity contribution in [3.8, 4) is 0 Å². The molecule has 0 saturated carbocycles. The van der Waals surface area contributed by atoms with E-state index in [9.17, 15) is 0 Å². The Hall–Kier alpha value is -6.03. The summed E-state index contributed by atoms with van der Waals surface area (Å²) in [7, 11) is -1.74. The predicted octanol–water partition coefficient (Wildman–Crippen LogP) is 15.2. The monoisotopic (exact) mass is 759 g/mol. The highest BCUT2D eigenvalue weighted by molar-refractivity contribution is 7.99. The number of benzene rings is 9. The molecule has 3 nitrogen and oxygen atoms in total. The summed E-state index contributed by atoms with van der Waals surface area (Å²) in [5, 5.41) is 9.19. The van der Waals surface area contributed by atoms with Gasteiger partial charge in [-0.05, 0) is 73.3 Å². The lowest BCUT2D eigenvalue weighted by Crippen LogP contribution is -2.29. The van der Waals surface area contributed by atoms with Crippen molar-refractivity contribution < 1.29 is 8.39 Å². The van der Waals surface area contributed by atoms with E-state index in [1.165, 1.54) is 43.1 Å². The fourth-order valence-corrected chi connectivity index (χ4v) is 11.1. The molecule has 2 atom stereocenters. The molecule has 0 amide bonds. The van der Waals surface area contributed by atoms with E-state index in [0.29, 0.717) is 6.54 Å². The predicted molar refractivity (Wildman–Crippen MR) is 238 cm³/mol. The van der Waals surface area contributed by atoms with Crippen LogP contribution in [0.3, 0.4) is 0 Å². The highest BCUT2D eigenvalue weighted by Gasteiger charge is 2.35. The Kier molecular flexibility index (Phi) is 9.38. The van der Waals surface area contributed by atoms with E-state index in [-0.39, 0.29) is 11.3 Å². The maximum absolute atomic E-state index is 7.39. The molecular weight excluding hydrogens is 722 g/mol. The molecule has 0 bridgehead atoms. The van der Waals surface area contributed by atoms with Crippen molar-refractivity contribution >= 4 is 74.2 Å². The van der Waals surface area contributed by atoms with Crippen molar-refractivity contribution in [2.45, 2.75) is 22.7 Å². The molecule has 1 aromatic heterocycles.